The molecule has 0 N–H and O–H groups in total. The molecule has 0 bridgehead atoms. The minimum Gasteiger partial charge on any atom is -0.497 e. The van der Waals surface area contributed by atoms with Crippen molar-refractivity contribution in [1.29, 1.82) is 0 Å². The van der Waals surface area contributed by atoms with Crippen LogP contribution in [0.1, 0.15) is 17.5 Å². The highest BCUT2D eigenvalue weighted by molar-refractivity contribution is 5.83. The van der Waals surface area contributed by atoms with E-state index < -0.39 is 5.82 Å². The largest absolute Gasteiger partial charge is 0.497 e. The number of ether oxygens (including phenoxy) is 1. The maximum absolute atomic E-state index is 15.1. The Bertz CT molecular complexity index is 1520. The van der Waals surface area contributed by atoms with Crippen LogP contribution in [0.25, 0.3) is 22.1 Å². The molecule has 0 radical (unpaired) electrons. The number of hydrogen-bond donors (Lipinski definition) is 0. The molecule has 0 saturated heterocycles. The van der Waals surface area contributed by atoms with Gasteiger partial charge in [-0.25, -0.2) is 9.37 Å². The number of methoxy groups -OCH3 is 1. The quantitative estimate of drug-likeness (QED) is 0.260. The van der Waals surface area contributed by atoms with Crippen molar-refractivity contribution in [2.75, 3.05) is 13.7 Å². The lowest BCUT2D eigenvalue weighted by atomic mass is 10.0. The zero-order chi connectivity index (χ0) is 25.6. The van der Waals surface area contributed by atoms with E-state index in [1.54, 1.807) is 62.4 Å². The molecule has 5 rings (SSSR count). The minimum absolute atomic E-state index is 0.226. The zero-order valence-electron chi connectivity index (χ0n) is 20.5. The monoisotopic (exact) mass is 498 g/mol. The summed E-state index contributed by atoms with van der Waals surface area (Å²) in [6.45, 7) is 2.60. The molecular formula is C29H27FN4O3. The van der Waals surface area contributed by atoms with Gasteiger partial charge in [0.2, 0.25) is 0 Å². The Morgan fingerprint density at radius 2 is 1.84 bits per heavy atom. The van der Waals surface area contributed by atoms with Gasteiger partial charge in [0.1, 0.15) is 17.1 Å². The van der Waals surface area contributed by atoms with E-state index in [4.69, 9.17) is 9.15 Å². The van der Waals surface area contributed by atoms with Gasteiger partial charge in [-0.1, -0.05) is 12.1 Å². The number of aromatic nitrogens is 3. The number of nitrogens with zero attached hydrogens (tertiary/aromatic N) is 4. The molecule has 37 heavy (non-hydrogen) atoms. The molecule has 0 amide bonds. The average Bonchev–Trinajstić information content (AvgIpc) is 3.44. The molecule has 0 fully saturated rings. The van der Waals surface area contributed by atoms with Crippen molar-refractivity contribution in [3.05, 3.63) is 113 Å². The third-order valence-corrected chi connectivity index (χ3v) is 6.33. The van der Waals surface area contributed by atoms with E-state index in [0.29, 0.717) is 41.1 Å². The fourth-order valence-corrected chi connectivity index (χ4v) is 4.39. The second kappa shape index (κ2) is 11.2. The van der Waals surface area contributed by atoms with Crippen LogP contribution < -0.4 is 10.2 Å². The number of imidazole rings is 1. The fourth-order valence-electron chi connectivity index (χ4n) is 4.39. The van der Waals surface area contributed by atoms with Crippen molar-refractivity contribution in [2.24, 2.45) is 0 Å². The minimum atomic E-state index is -0.476. The molecule has 3 heterocycles. The van der Waals surface area contributed by atoms with Gasteiger partial charge in [0.05, 0.1) is 25.1 Å². The summed E-state index contributed by atoms with van der Waals surface area (Å²) in [7, 11) is 1.58. The number of hydrogen-bond acceptors (Lipinski definition) is 6. The first-order chi connectivity index (χ1) is 18.1. The van der Waals surface area contributed by atoms with E-state index >= 15 is 4.39 Å². The Hall–Kier alpha value is -4.30. The van der Waals surface area contributed by atoms with Gasteiger partial charge in [-0.2, -0.15) is 0 Å². The van der Waals surface area contributed by atoms with E-state index in [-0.39, 0.29) is 10.8 Å². The van der Waals surface area contributed by atoms with Crippen molar-refractivity contribution in [1.82, 2.24) is 19.4 Å². The Morgan fingerprint density at radius 1 is 1.03 bits per heavy atom. The number of halogens is 1. The Labute approximate surface area is 213 Å². The predicted octanol–water partition coefficient (Wildman–Crippen LogP) is 5.29. The molecule has 0 aliphatic heterocycles. The van der Waals surface area contributed by atoms with Crippen LogP contribution in [0.15, 0.2) is 95.1 Å². The first kappa shape index (κ1) is 24.4. The molecule has 188 valence electrons. The average molecular weight is 499 g/mol. The lowest BCUT2D eigenvalue weighted by Gasteiger charge is -2.22. The van der Waals surface area contributed by atoms with Crippen molar-refractivity contribution in [3.63, 3.8) is 0 Å². The summed E-state index contributed by atoms with van der Waals surface area (Å²) in [6, 6.07) is 13.9. The highest BCUT2D eigenvalue weighted by Gasteiger charge is 2.16. The number of fused-ring (bicyclic) bond motifs is 1. The highest BCUT2D eigenvalue weighted by Crippen LogP contribution is 2.28. The lowest BCUT2D eigenvalue weighted by Crippen LogP contribution is -2.27. The van der Waals surface area contributed by atoms with Gasteiger partial charge in [0.15, 0.2) is 5.43 Å². The Kier molecular flexibility index (Phi) is 7.37. The Balaban J connectivity index is 1.40. The van der Waals surface area contributed by atoms with E-state index in [2.05, 4.69) is 14.9 Å². The molecule has 0 spiro atoms. The number of aryl methyl sites for hydroxylation is 1. The van der Waals surface area contributed by atoms with Crippen LogP contribution >= 0.6 is 0 Å². The number of rotatable bonds is 10. The van der Waals surface area contributed by atoms with Gasteiger partial charge in [-0.3, -0.25) is 14.7 Å². The van der Waals surface area contributed by atoms with Crippen LogP contribution in [0, 0.1) is 5.82 Å². The van der Waals surface area contributed by atoms with E-state index in [1.165, 1.54) is 12.3 Å². The van der Waals surface area contributed by atoms with Gasteiger partial charge in [0, 0.05) is 62.1 Å². The fraction of sp³-hybridized carbons (Fsp3) is 0.207. The maximum Gasteiger partial charge on any atom is 0.197 e. The molecule has 0 saturated carbocycles. The first-order valence-electron chi connectivity index (χ1n) is 12.1. The molecule has 3 aromatic heterocycles. The topological polar surface area (TPSA) is 73.4 Å². The first-order valence-corrected chi connectivity index (χ1v) is 12.1. The summed E-state index contributed by atoms with van der Waals surface area (Å²) in [6.07, 6.45) is 11.4. The predicted molar refractivity (Wildman–Crippen MR) is 140 cm³/mol. The van der Waals surface area contributed by atoms with Gasteiger partial charge in [-0.05, 0) is 53.9 Å². The lowest BCUT2D eigenvalue weighted by molar-refractivity contribution is 0.246. The Morgan fingerprint density at radius 3 is 2.57 bits per heavy atom. The summed E-state index contributed by atoms with van der Waals surface area (Å²) < 4.78 is 28.2. The van der Waals surface area contributed by atoms with Gasteiger partial charge in [-0.15, -0.1) is 0 Å². The third-order valence-electron chi connectivity index (χ3n) is 6.33. The second-order valence-electron chi connectivity index (χ2n) is 8.87. The standard InChI is InChI=1S/C29H27FN4O3/c1-36-24-5-3-22(4-6-24)25-16-28-26(15-27(25)30)29(35)23(19-37-28)18-34(17-21-7-9-31-10-8-21)13-2-12-33-14-11-32-20-33/h3-11,14-16,19-20H,2,12-13,17-18H2,1H3. The van der Waals surface area contributed by atoms with Crippen molar-refractivity contribution < 1.29 is 13.5 Å². The van der Waals surface area contributed by atoms with E-state index in [1.807, 2.05) is 22.9 Å². The summed E-state index contributed by atoms with van der Waals surface area (Å²) in [5, 5.41) is 0.231. The SMILES string of the molecule is COc1ccc(-c2cc3occ(CN(CCCn4ccnc4)Cc4ccncc4)c(=O)c3cc2F)cc1. The van der Waals surface area contributed by atoms with E-state index in [9.17, 15) is 4.79 Å². The van der Waals surface area contributed by atoms with Crippen molar-refractivity contribution >= 4 is 11.0 Å². The van der Waals surface area contributed by atoms with Crippen LogP contribution in [0.3, 0.4) is 0 Å². The smallest absolute Gasteiger partial charge is 0.197 e. The molecular weight excluding hydrogens is 471 g/mol. The maximum atomic E-state index is 15.1. The molecule has 0 atom stereocenters. The van der Waals surface area contributed by atoms with Crippen LogP contribution in [-0.2, 0) is 19.6 Å². The molecule has 5 aromatic rings. The van der Waals surface area contributed by atoms with Gasteiger partial charge in [0.25, 0.3) is 0 Å². The van der Waals surface area contributed by atoms with Crippen LogP contribution in [0.2, 0.25) is 0 Å². The summed E-state index contributed by atoms with van der Waals surface area (Å²) in [5.74, 6) is 0.207. The highest BCUT2D eigenvalue weighted by atomic mass is 19.1. The summed E-state index contributed by atoms with van der Waals surface area (Å²) in [4.78, 5) is 23.7. The zero-order valence-corrected chi connectivity index (χ0v) is 20.5. The van der Waals surface area contributed by atoms with Crippen molar-refractivity contribution in [2.45, 2.75) is 26.1 Å². The molecule has 0 unspecified atom stereocenters. The number of benzene rings is 2. The van der Waals surface area contributed by atoms with E-state index in [0.717, 1.165) is 25.1 Å². The normalized spacial score (nSPS) is 11.3. The molecule has 7 nitrogen and oxygen atoms in total. The number of pyridine rings is 1. The van der Waals surface area contributed by atoms with Crippen LogP contribution in [0.4, 0.5) is 4.39 Å². The third kappa shape index (κ3) is 5.76. The molecule has 0 aliphatic carbocycles. The van der Waals surface area contributed by atoms with Crippen LogP contribution in [0.5, 0.6) is 5.75 Å². The molecule has 8 heteroatoms. The van der Waals surface area contributed by atoms with Gasteiger partial charge >= 0.3 is 0 Å². The summed E-state index contributed by atoms with van der Waals surface area (Å²) in [5.41, 5.74) is 2.74. The van der Waals surface area contributed by atoms with Crippen LogP contribution in [-0.4, -0.2) is 33.1 Å². The second-order valence-corrected chi connectivity index (χ2v) is 8.87. The van der Waals surface area contributed by atoms with Crippen molar-refractivity contribution in [3.8, 4) is 16.9 Å². The molecule has 0 aliphatic rings. The summed E-state index contributed by atoms with van der Waals surface area (Å²) >= 11 is 0. The molecule has 2 aromatic carbocycles. The van der Waals surface area contributed by atoms with Gasteiger partial charge < -0.3 is 13.7 Å².